The molecule has 0 atom stereocenters. The zero-order valence-electron chi connectivity index (χ0n) is 18.2. The number of benzene rings is 2. The molecule has 0 aliphatic heterocycles. The lowest BCUT2D eigenvalue weighted by Crippen LogP contribution is -2.25. The summed E-state index contributed by atoms with van der Waals surface area (Å²) < 4.78 is 63.0. The van der Waals surface area contributed by atoms with Crippen LogP contribution in [0.3, 0.4) is 0 Å². The summed E-state index contributed by atoms with van der Waals surface area (Å²) in [6, 6.07) is 6.00. The molecule has 2 saturated carbocycles. The van der Waals surface area contributed by atoms with E-state index in [0.717, 1.165) is 32.1 Å². The van der Waals surface area contributed by atoms with E-state index in [-0.39, 0.29) is 17.4 Å². The minimum atomic E-state index is -1.15. The molecule has 2 aromatic rings. The Kier molecular flexibility index (Phi) is 6.87. The van der Waals surface area contributed by atoms with Crippen LogP contribution in [-0.2, 0) is 4.74 Å². The third-order valence-corrected chi connectivity index (χ3v) is 7.07. The molecule has 0 amide bonds. The summed E-state index contributed by atoms with van der Waals surface area (Å²) >= 11 is 0. The minimum Gasteiger partial charge on any atom is -0.459 e. The number of ether oxygens (including phenoxy) is 1. The van der Waals surface area contributed by atoms with Crippen LogP contribution in [0.5, 0.6) is 0 Å². The second kappa shape index (κ2) is 9.63. The maximum atomic E-state index is 14.7. The van der Waals surface area contributed by atoms with Gasteiger partial charge in [-0.25, -0.2) is 22.4 Å². The number of esters is 1. The molecule has 2 fully saturated rings. The van der Waals surface area contributed by atoms with Gasteiger partial charge in [-0.3, -0.25) is 0 Å². The highest BCUT2D eigenvalue weighted by Gasteiger charge is 2.30. The van der Waals surface area contributed by atoms with E-state index in [4.69, 9.17) is 4.74 Å². The van der Waals surface area contributed by atoms with Gasteiger partial charge in [0, 0.05) is 0 Å². The van der Waals surface area contributed by atoms with Crippen molar-refractivity contribution < 1.29 is 27.1 Å². The Labute approximate surface area is 186 Å². The lowest BCUT2D eigenvalue weighted by Gasteiger charge is -2.29. The zero-order chi connectivity index (χ0) is 22.8. The topological polar surface area (TPSA) is 26.3 Å². The molecule has 0 aromatic heterocycles. The van der Waals surface area contributed by atoms with E-state index >= 15 is 0 Å². The summed E-state index contributed by atoms with van der Waals surface area (Å²) in [5.41, 5.74) is 0.546. The average molecular weight is 449 g/mol. The highest BCUT2D eigenvalue weighted by Crippen LogP contribution is 2.38. The summed E-state index contributed by atoms with van der Waals surface area (Å²) in [5, 5.41) is 0. The molecule has 4 rings (SSSR count). The number of carbonyl (C=O) groups excluding carboxylic acids is 1. The van der Waals surface area contributed by atoms with Crippen LogP contribution in [0.4, 0.5) is 17.6 Å². The van der Waals surface area contributed by atoms with E-state index in [1.807, 2.05) is 0 Å². The first-order chi connectivity index (χ1) is 15.4. The van der Waals surface area contributed by atoms with Crippen molar-refractivity contribution >= 4 is 5.97 Å². The molecular formula is C26H28F4O2. The van der Waals surface area contributed by atoms with Crippen molar-refractivity contribution in [1.82, 2.24) is 0 Å². The Hall–Kier alpha value is -2.37. The van der Waals surface area contributed by atoms with Crippen molar-refractivity contribution in [3.63, 3.8) is 0 Å². The summed E-state index contributed by atoms with van der Waals surface area (Å²) in [4.78, 5) is 12.5. The highest BCUT2D eigenvalue weighted by atomic mass is 19.2. The Balaban J connectivity index is 1.39. The Bertz CT molecular complexity index is 990. The van der Waals surface area contributed by atoms with Gasteiger partial charge in [0.15, 0.2) is 23.3 Å². The van der Waals surface area contributed by atoms with E-state index in [1.165, 1.54) is 19.1 Å². The molecule has 32 heavy (non-hydrogen) atoms. The largest absolute Gasteiger partial charge is 0.459 e. The van der Waals surface area contributed by atoms with Gasteiger partial charge in [-0.1, -0.05) is 37.5 Å². The van der Waals surface area contributed by atoms with Gasteiger partial charge in [0.05, 0.1) is 5.56 Å². The van der Waals surface area contributed by atoms with Gasteiger partial charge in [0.1, 0.15) is 6.10 Å². The van der Waals surface area contributed by atoms with Gasteiger partial charge >= 0.3 is 5.97 Å². The second-order valence-corrected chi connectivity index (χ2v) is 9.14. The van der Waals surface area contributed by atoms with Crippen LogP contribution in [0.25, 0.3) is 0 Å². The van der Waals surface area contributed by atoms with Crippen molar-refractivity contribution in [3.8, 4) is 0 Å². The lowest BCUT2D eigenvalue weighted by molar-refractivity contribution is 0.0188. The number of carbonyl (C=O) groups is 1. The van der Waals surface area contributed by atoms with E-state index in [0.29, 0.717) is 36.8 Å². The number of aryl methyl sites for hydroxylation is 1. The molecule has 2 nitrogen and oxygen atoms in total. The lowest BCUT2D eigenvalue weighted by atomic mass is 9.82. The van der Waals surface area contributed by atoms with E-state index in [1.54, 1.807) is 12.1 Å². The number of hydrogen-bond acceptors (Lipinski definition) is 2. The van der Waals surface area contributed by atoms with Gasteiger partial charge < -0.3 is 4.74 Å². The number of hydrogen-bond donors (Lipinski definition) is 0. The minimum absolute atomic E-state index is 0.00870. The molecule has 2 aliphatic carbocycles. The molecule has 0 bridgehead atoms. The Morgan fingerprint density at radius 2 is 1.28 bits per heavy atom. The van der Waals surface area contributed by atoms with E-state index in [9.17, 15) is 22.4 Å². The van der Waals surface area contributed by atoms with Gasteiger partial charge in [-0.05, 0) is 80.0 Å². The van der Waals surface area contributed by atoms with Crippen molar-refractivity contribution in [2.24, 2.45) is 0 Å². The molecule has 0 spiro atoms. The predicted octanol–water partition coefficient (Wildman–Crippen LogP) is 7.48. The van der Waals surface area contributed by atoms with E-state index in [2.05, 4.69) is 0 Å². The van der Waals surface area contributed by atoms with Crippen LogP contribution in [0.2, 0.25) is 0 Å². The maximum absolute atomic E-state index is 14.7. The summed E-state index contributed by atoms with van der Waals surface area (Å²) in [6.07, 6.45) is 6.25. The fraction of sp³-hybridized carbons (Fsp3) is 0.500. The molecule has 0 radical (unpaired) electrons. The summed E-state index contributed by atoms with van der Waals surface area (Å²) in [7, 11) is 0. The molecule has 2 aliphatic rings. The molecule has 0 saturated heterocycles. The molecule has 0 heterocycles. The fourth-order valence-corrected chi connectivity index (χ4v) is 5.13. The second-order valence-electron chi connectivity index (χ2n) is 9.14. The van der Waals surface area contributed by atoms with Gasteiger partial charge in [0.25, 0.3) is 0 Å². The van der Waals surface area contributed by atoms with Crippen molar-refractivity contribution in [2.75, 3.05) is 0 Å². The third kappa shape index (κ3) is 4.55. The summed E-state index contributed by atoms with van der Waals surface area (Å²) in [6.45, 7) is 1.52. The van der Waals surface area contributed by atoms with Gasteiger partial charge in [-0.15, -0.1) is 0 Å². The first-order valence-corrected chi connectivity index (χ1v) is 11.5. The third-order valence-electron chi connectivity index (χ3n) is 7.07. The molecule has 0 N–H and O–H groups in total. The summed E-state index contributed by atoms with van der Waals surface area (Å²) in [5.74, 6) is -4.80. The SMILES string of the molecule is Cc1ccc(C2CCC(OC(=O)c3ccc(C4CCCCC4)c(F)c3F)CC2)c(F)c1F. The molecule has 0 unspecified atom stereocenters. The quantitative estimate of drug-likeness (QED) is 0.358. The normalized spacial score (nSPS) is 22.0. The van der Waals surface area contributed by atoms with Crippen LogP contribution in [0.1, 0.15) is 96.7 Å². The zero-order valence-corrected chi connectivity index (χ0v) is 18.2. The van der Waals surface area contributed by atoms with E-state index < -0.39 is 40.9 Å². The van der Waals surface area contributed by atoms with Crippen LogP contribution in [0.15, 0.2) is 24.3 Å². The fourth-order valence-electron chi connectivity index (χ4n) is 5.13. The monoisotopic (exact) mass is 448 g/mol. The van der Waals surface area contributed by atoms with Crippen LogP contribution in [-0.4, -0.2) is 12.1 Å². The molecule has 2 aromatic carbocycles. The Morgan fingerprint density at radius 3 is 1.94 bits per heavy atom. The van der Waals surface area contributed by atoms with Crippen LogP contribution < -0.4 is 0 Å². The molecule has 172 valence electrons. The van der Waals surface area contributed by atoms with Crippen LogP contribution >= 0.6 is 0 Å². The smallest absolute Gasteiger partial charge is 0.341 e. The average Bonchev–Trinajstić information content (AvgIpc) is 2.80. The van der Waals surface area contributed by atoms with Crippen molar-refractivity contribution in [3.05, 3.63) is 69.8 Å². The molecular weight excluding hydrogens is 420 g/mol. The van der Waals surface area contributed by atoms with Crippen molar-refractivity contribution in [1.29, 1.82) is 0 Å². The highest BCUT2D eigenvalue weighted by molar-refractivity contribution is 5.90. The standard InChI is InChI=1S/C26H28F4O2/c1-15-7-12-19(23(28)22(15)27)17-8-10-18(11-9-17)32-26(31)21-14-13-20(24(29)25(21)30)16-5-3-2-4-6-16/h7,12-14,16-18H,2-6,8-11H2,1H3. The predicted molar refractivity (Wildman–Crippen MR) is 114 cm³/mol. The van der Waals surface area contributed by atoms with Gasteiger partial charge in [0.2, 0.25) is 0 Å². The van der Waals surface area contributed by atoms with Crippen molar-refractivity contribution in [2.45, 2.75) is 82.7 Å². The maximum Gasteiger partial charge on any atom is 0.341 e. The van der Waals surface area contributed by atoms with Gasteiger partial charge in [-0.2, -0.15) is 0 Å². The first kappa shape index (κ1) is 22.8. The van der Waals surface area contributed by atoms with Crippen LogP contribution in [0, 0.1) is 30.2 Å². The number of rotatable bonds is 4. The first-order valence-electron chi connectivity index (χ1n) is 11.5. The Morgan fingerprint density at radius 1 is 0.719 bits per heavy atom. The number of halogens is 4. The molecule has 6 heteroatoms.